The molecule has 0 radical (unpaired) electrons. The molecule has 0 aliphatic carbocycles. The summed E-state index contributed by atoms with van der Waals surface area (Å²) < 4.78 is 13.1. The van der Waals surface area contributed by atoms with Crippen LogP contribution in [0.5, 0.6) is 5.75 Å². The van der Waals surface area contributed by atoms with Crippen molar-refractivity contribution in [1.82, 2.24) is 14.9 Å². The Labute approximate surface area is 179 Å². The van der Waals surface area contributed by atoms with Crippen LogP contribution in [-0.4, -0.2) is 22.1 Å². The van der Waals surface area contributed by atoms with Crippen molar-refractivity contribution in [2.45, 2.75) is 25.9 Å². The van der Waals surface area contributed by atoms with E-state index < -0.39 is 0 Å². The molecule has 0 saturated heterocycles. The second-order valence-electron chi connectivity index (χ2n) is 6.92. The molecule has 2 aromatic heterocycles. The Morgan fingerprint density at radius 1 is 1.17 bits per heavy atom. The van der Waals surface area contributed by atoms with E-state index in [1.165, 1.54) is 6.26 Å². The number of carbonyl (C=O) groups is 1. The number of benzene rings is 2. The number of hydrogen-bond acceptors (Lipinski definition) is 4. The largest absolute Gasteiger partial charge is 0.492 e. The number of nitrogens with zero attached hydrogens (tertiary/aromatic N) is 2. The van der Waals surface area contributed by atoms with E-state index in [0.29, 0.717) is 23.9 Å². The summed E-state index contributed by atoms with van der Waals surface area (Å²) in [4.78, 5) is 17.1. The molecule has 4 aromatic rings. The van der Waals surface area contributed by atoms with Crippen LogP contribution in [0, 0.1) is 0 Å². The lowest BCUT2D eigenvalue weighted by molar-refractivity contribution is 0.0909. The topological polar surface area (TPSA) is 69.3 Å². The van der Waals surface area contributed by atoms with Crippen molar-refractivity contribution in [2.24, 2.45) is 0 Å². The summed E-state index contributed by atoms with van der Waals surface area (Å²) in [6, 6.07) is 18.4. The number of imidazole rings is 1. The van der Waals surface area contributed by atoms with Gasteiger partial charge in [-0.3, -0.25) is 4.79 Å². The van der Waals surface area contributed by atoms with Gasteiger partial charge >= 0.3 is 0 Å². The first-order valence-corrected chi connectivity index (χ1v) is 10.2. The molecule has 6 nitrogen and oxygen atoms in total. The highest BCUT2D eigenvalue weighted by Crippen LogP contribution is 2.24. The van der Waals surface area contributed by atoms with Gasteiger partial charge in [-0.25, -0.2) is 4.98 Å². The highest BCUT2D eigenvalue weighted by Gasteiger charge is 2.20. The van der Waals surface area contributed by atoms with Crippen LogP contribution in [0.4, 0.5) is 0 Å². The zero-order valence-corrected chi connectivity index (χ0v) is 17.3. The van der Waals surface area contributed by atoms with E-state index in [9.17, 15) is 4.79 Å². The van der Waals surface area contributed by atoms with E-state index in [1.54, 1.807) is 12.1 Å². The number of hydrogen-bond donors (Lipinski definition) is 1. The van der Waals surface area contributed by atoms with Crippen LogP contribution in [0.25, 0.3) is 11.0 Å². The zero-order chi connectivity index (χ0) is 20.9. The van der Waals surface area contributed by atoms with Gasteiger partial charge in [0.05, 0.1) is 35.0 Å². The summed E-state index contributed by atoms with van der Waals surface area (Å²) in [6.07, 6.45) is 2.24. The first-order chi connectivity index (χ1) is 14.6. The highest BCUT2D eigenvalue weighted by atomic mass is 35.5. The maximum atomic E-state index is 12.4. The number of aromatic nitrogens is 2. The Hall–Kier alpha value is -3.25. The molecule has 30 heavy (non-hydrogen) atoms. The molecule has 1 N–H and O–H groups in total. The molecule has 154 valence electrons. The second-order valence-corrected chi connectivity index (χ2v) is 7.32. The van der Waals surface area contributed by atoms with Crippen LogP contribution < -0.4 is 10.1 Å². The van der Waals surface area contributed by atoms with E-state index in [0.717, 1.165) is 23.3 Å². The Balaban J connectivity index is 1.48. The van der Waals surface area contributed by atoms with Crippen molar-refractivity contribution in [2.75, 3.05) is 6.61 Å². The highest BCUT2D eigenvalue weighted by molar-refractivity contribution is 6.32. The number of amides is 1. The smallest absolute Gasteiger partial charge is 0.287 e. The average Bonchev–Trinajstić information content (AvgIpc) is 3.41. The lowest BCUT2D eigenvalue weighted by Crippen LogP contribution is -2.28. The van der Waals surface area contributed by atoms with Gasteiger partial charge in [0.25, 0.3) is 5.91 Å². The third-order valence-corrected chi connectivity index (χ3v) is 5.10. The minimum absolute atomic E-state index is 0.270. The number of ether oxygens (including phenoxy) is 1. The van der Waals surface area contributed by atoms with Gasteiger partial charge in [-0.15, -0.1) is 0 Å². The van der Waals surface area contributed by atoms with E-state index in [2.05, 4.69) is 9.88 Å². The summed E-state index contributed by atoms with van der Waals surface area (Å²) in [6.45, 7) is 3.13. The van der Waals surface area contributed by atoms with Crippen LogP contribution in [0.3, 0.4) is 0 Å². The normalized spacial score (nSPS) is 12.1. The molecule has 7 heteroatoms. The Morgan fingerprint density at radius 2 is 1.97 bits per heavy atom. The molecule has 0 aliphatic heterocycles. The SMILES string of the molecule is C[C@H](NC(=O)c1ccco1)c1nc2ccccc2n1CCCOc1ccccc1Cl. The minimum Gasteiger partial charge on any atom is -0.492 e. The Kier molecular flexibility index (Phi) is 6.05. The van der Waals surface area contributed by atoms with Crippen LogP contribution in [0.15, 0.2) is 71.3 Å². The quantitative estimate of drug-likeness (QED) is 0.393. The molecule has 1 amide bonds. The maximum Gasteiger partial charge on any atom is 0.287 e. The number of para-hydroxylation sites is 3. The van der Waals surface area contributed by atoms with E-state index in [4.69, 9.17) is 25.7 Å². The van der Waals surface area contributed by atoms with Gasteiger partial charge in [0.15, 0.2) is 5.76 Å². The summed E-state index contributed by atoms with van der Waals surface area (Å²) in [5.41, 5.74) is 1.91. The molecule has 4 rings (SSSR count). The Morgan fingerprint density at radius 3 is 2.77 bits per heavy atom. The molecule has 0 saturated carbocycles. The predicted molar refractivity (Wildman–Crippen MR) is 116 cm³/mol. The standard InChI is InChI=1S/C23H22ClN3O3/c1-16(25-23(28)21-12-6-14-30-21)22-26-18-9-3-4-10-19(18)27(22)13-7-15-29-20-11-5-2-8-17(20)24/h2-6,8-12,14,16H,7,13,15H2,1H3,(H,25,28)/t16-/m0/s1. The van der Waals surface area contributed by atoms with Gasteiger partial charge in [0.2, 0.25) is 0 Å². The molecule has 2 aromatic carbocycles. The fraction of sp³-hybridized carbons (Fsp3) is 0.217. The number of halogens is 1. The predicted octanol–water partition coefficient (Wildman–Crippen LogP) is 5.24. The van der Waals surface area contributed by atoms with Crippen molar-refractivity contribution in [1.29, 1.82) is 0 Å². The van der Waals surface area contributed by atoms with E-state index in [1.807, 2.05) is 55.5 Å². The molecule has 0 bridgehead atoms. The van der Waals surface area contributed by atoms with Gasteiger partial charge in [-0.05, 0) is 49.7 Å². The maximum absolute atomic E-state index is 12.4. The minimum atomic E-state index is -0.292. The molecular weight excluding hydrogens is 402 g/mol. The monoisotopic (exact) mass is 423 g/mol. The molecular formula is C23H22ClN3O3. The van der Waals surface area contributed by atoms with Gasteiger partial charge in [0, 0.05) is 6.54 Å². The van der Waals surface area contributed by atoms with Gasteiger partial charge in [-0.2, -0.15) is 0 Å². The zero-order valence-electron chi connectivity index (χ0n) is 16.5. The lowest BCUT2D eigenvalue weighted by atomic mass is 10.2. The average molecular weight is 424 g/mol. The number of furan rings is 1. The molecule has 0 fully saturated rings. The number of carbonyl (C=O) groups excluding carboxylic acids is 1. The van der Waals surface area contributed by atoms with Crippen LogP contribution in [0.1, 0.15) is 35.8 Å². The molecule has 0 aliphatic rings. The Bertz CT molecular complexity index is 1140. The third-order valence-electron chi connectivity index (χ3n) is 4.78. The van der Waals surface area contributed by atoms with Crippen molar-refractivity contribution in [3.63, 3.8) is 0 Å². The fourth-order valence-electron chi connectivity index (χ4n) is 3.37. The summed E-state index contributed by atoms with van der Waals surface area (Å²) in [5, 5.41) is 3.56. The summed E-state index contributed by atoms with van der Waals surface area (Å²) in [7, 11) is 0. The lowest BCUT2D eigenvalue weighted by Gasteiger charge is -2.16. The van der Waals surface area contributed by atoms with Gasteiger partial charge < -0.3 is 19.0 Å². The molecule has 0 unspecified atom stereocenters. The van der Waals surface area contributed by atoms with E-state index >= 15 is 0 Å². The third kappa shape index (κ3) is 4.33. The summed E-state index contributed by atoms with van der Waals surface area (Å²) >= 11 is 6.15. The molecule has 0 spiro atoms. The van der Waals surface area contributed by atoms with Crippen LogP contribution >= 0.6 is 11.6 Å². The van der Waals surface area contributed by atoms with Crippen LogP contribution in [-0.2, 0) is 6.54 Å². The number of aryl methyl sites for hydroxylation is 1. The van der Waals surface area contributed by atoms with Crippen molar-refractivity contribution in [3.05, 3.63) is 83.5 Å². The van der Waals surface area contributed by atoms with Gasteiger partial charge in [0.1, 0.15) is 11.6 Å². The number of nitrogens with one attached hydrogen (secondary N) is 1. The van der Waals surface area contributed by atoms with Crippen molar-refractivity contribution < 1.29 is 13.9 Å². The first-order valence-electron chi connectivity index (χ1n) is 9.80. The summed E-state index contributed by atoms with van der Waals surface area (Å²) in [5.74, 6) is 1.47. The molecule has 1 atom stereocenters. The van der Waals surface area contributed by atoms with E-state index in [-0.39, 0.29) is 17.7 Å². The number of rotatable bonds is 8. The van der Waals surface area contributed by atoms with Crippen molar-refractivity contribution >= 4 is 28.5 Å². The van der Waals surface area contributed by atoms with Crippen LogP contribution in [0.2, 0.25) is 5.02 Å². The molecule has 2 heterocycles. The fourth-order valence-corrected chi connectivity index (χ4v) is 3.56. The second kappa shape index (κ2) is 9.05. The van der Waals surface area contributed by atoms with Crippen molar-refractivity contribution in [3.8, 4) is 5.75 Å². The number of fused-ring (bicyclic) bond motifs is 1. The first kappa shape index (κ1) is 20.0. The van der Waals surface area contributed by atoms with Gasteiger partial charge in [-0.1, -0.05) is 35.9 Å².